The summed E-state index contributed by atoms with van der Waals surface area (Å²) < 4.78 is 0. The molecule has 2 saturated carbocycles. The molecule has 0 spiro atoms. The standard InChI is InChI=1S/C27H35N3O2/c1-4-29(19(2)3)17-20-7-11-23(12-8-20)27(32)30(25-15-16-25)18-21-5-9-22(10-6-21)26(31)28-24-13-14-24/h5-12,19,24-25H,4,13-18H2,1-3H3,(H,28,31). The van der Waals surface area contributed by atoms with Crippen LogP contribution < -0.4 is 5.32 Å². The predicted octanol–water partition coefficient (Wildman–Crippen LogP) is 4.61. The zero-order valence-corrected chi connectivity index (χ0v) is 19.5. The highest BCUT2D eigenvalue weighted by Gasteiger charge is 2.33. The van der Waals surface area contributed by atoms with Crippen molar-refractivity contribution in [2.75, 3.05) is 6.54 Å². The van der Waals surface area contributed by atoms with E-state index in [-0.39, 0.29) is 11.8 Å². The van der Waals surface area contributed by atoms with Crippen molar-refractivity contribution < 1.29 is 9.59 Å². The van der Waals surface area contributed by atoms with Crippen LogP contribution in [0, 0.1) is 0 Å². The first kappa shape index (κ1) is 22.5. The van der Waals surface area contributed by atoms with Gasteiger partial charge in [0.25, 0.3) is 11.8 Å². The van der Waals surface area contributed by atoms with Gasteiger partial charge in [-0.05, 0) is 81.5 Å². The first-order valence-corrected chi connectivity index (χ1v) is 12.0. The molecule has 0 aromatic heterocycles. The van der Waals surface area contributed by atoms with E-state index in [0.717, 1.165) is 49.9 Å². The lowest BCUT2D eigenvalue weighted by atomic mass is 10.1. The lowest BCUT2D eigenvalue weighted by molar-refractivity contribution is 0.0729. The number of hydrogen-bond acceptors (Lipinski definition) is 3. The minimum absolute atomic E-state index is 0.00614. The Labute approximate surface area is 191 Å². The normalized spacial score (nSPS) is 15.8. The highest BCUT2D eigenvalue weighted by Crippen LogP contribution is 2.30. The van der Waals surface area contributed by atoms with Crippen LogP contribution >= 0.6 is 0 Å². The smallest absolute Gasteiger partial charge is 0.254 e. The van der Waals surface area contributed by atoms with Crippen LogP contribution in [0.15, 0.2) is 48.5 Å². The number of rotatable bonds is 10. The maximum atomic E-state index is 13.3. The third kappa shape index (κ3) is 5.77. The molecule has 2 amide bonds. The number of nitrogens with zero attached hydrogens (tertiary/aromatic N) is 2. The Bertz CT molecular complexity index is 928. The van der Waals surface area contributed by atoms with E-state index in [9.17, 15) is 9.59 Å². The molecular formula is C27H35N3O2. The van der Waals surface area contributed by atoms with Crippen LogP contribution in [-0.4, -0.2) is 46.3 Å². The van der Waals surface area contributed by atoms with Crippen molar-refractivity contribution in [3.8, 4) is 0 Å². The van der Waals surface area contributed by atoms with Gasteiger partial charge in [0.15, 0.2) is 0 Å². The summed E-state index contributed by atoms with van der Waals surface area (Å²) in [6, 6.07) is 16.9. The van der Waals surface area contributed by atoms with Gasteiger partial charge in [-0.25, -0.2) is 0 Å². The van der Waals surface area contributed by atoms with E-state index in [1.165, 1.54) is 5.56 Å². The molecule has 0 radical (unpaired) electrons. The van der Waals surface area contributed by atoms with Gasteiger partial charge in [0.1, 0.15) is 0 Å². The predicted molar refractivity (Wildman–Crippen MR) is 127 cm³/mol. The fraction of sp³-hybridized carbons (Fsp3) is 0.481. The fourth-order valence-corrected chi connectivity index (χ4v) is 4.02. The number of hydrogen-bond donors (Lipinski definition) is 1. The van der Waals surface area contributed by atoms with Crippen molar-refractivity contribution in [2.45, 2.75) is 77.7 Å². The Hall–Kier alpha value is -2.66. The monoisotopic (exact) mass is 433 g/mol. The lowest BCUT2D eigenvalue weighted by Gasteiger charge is -2.25. The summed E-state index contributed by atoms with van der Waals surface area (Å²) in [6.07, 6.45) is 4.28. The van der Waals surface area contributed by atoms with Gasteiger partial charge in [-0.1, -0.05) is 31.2 Å². The Morgan fingerprint density at radius 2 is 1.44 bits per heavy atom. The summed E-state index contributed by atoms with van der Waals surface area (Å²) in [5, 5.41) is 3.02. The molecule has 2 aromatic carbocycles. The number of carbonyl (C=O) groups is 2. The zero-order valence-electron chi connectivity index (χ0n) is 19.5. The lowest BCUT2D eigenvalue weighted by Crippen LogP contribution is -2.33. The van der Waals surface area contributed by atoms with Gasteiger partial charge < -0.3 is 10.2 Å². The molecule has 0 atom stereocenters. The van der Waals surface area contributed by atoms with Crippen molar-refractivity contribution in [2.24, 2.45) is 0 Å². The summed E-state index contributed by atoms with van der Waals surface area (Å²) in [7, 11) is 0. The SMILES string of the molecule is CCN(Cc1ccc(C(=O)N(Cc2ccc(C(=O)NC3CC3)cc2)C2CC2)cc1)C(C)C. The fourth-order valence-electron chi connectivity index (χ4n) is 4.02. The molecule has 0 saturated heterocycles. The molecule has 5 nitrogen and oxygen atoms in total. The van der Waals surface area contributed by atoms with Crippen molar-refractivity contribution in [3.63, 3.8) is 0 Å². The van der Waals surface area contributed by atoms with Gasteiger partial charge in [0, 0.05) is 42.3 Å². The number of benzene rings is 2. The highest BCUT2D eigenvalue weighted by molar-refractivity contribution is 5.95. The molecule has 4 rings (SSSR count). The van der Waals surface area contributed by atoms with Crippen molar-refractivity contribution in [1.29, 1.82) is 0 Å². The second-order valence-corrected chi connectivity index (χ2v) is 9.46. The Balaban J connectivity index is 1.40. The van der Waals surface area contributed by atoms with E-state index in [1.807, 2.05) is 41.3 Å². The largest absolute Gasteiger partial charge is 0.349 e. The number of carbonyl (C=O) groups excluding carboxylic acids is 2. The Kier molecular flexibility index (Phi) is 6.95. The third-order valence-corrected chi connectivity index (χ3v) is 6.45. The molecule has 2 aliphatic carbocycles. The molecule has 0 heterocycles. The summed E-state index contributed by atoms with van der Waals surface area (Å²) in [5.41, 5.74) is 3.72. The summed E-state index contributed by atoms with van der Waals surface area (Å²) in [6.45, 7) is 9.08. The minimum atomic E-state index is -0.00614. The molecule has 0 unspecified atom stereocenters. The topological polar surface area (TPSA) is 52.7 Å². The van der Waals surface area contributed by atoms with E-state index in [1.54, 1.807) is 0 Å². The van der Waals surface area contributed by atoms with Gasteiger partial charge in [-0.15, -0.1) is 0 Å². The average molecular weight is 434 g/mol. The zero-order chi connectivity index (χ0) is 22.7. The third-order valence-electron chi connectivity index (χ3n) is 6.45. The second kappa shape index (κ2) is 9.86. The van der Waals surface area contributed by atoms with Crippen molar-refractivity contribution in [1.82, 2.24) is 15.1 Å². The van der Waals surface area contributed by atoms with E-state index in [2.05, 4.69) is 43.1 Å². The molecule has 170 valence electrons. The van der Waals surface area contributed by atoms with Crippen molar-refractivity contribution >= 4 is 11.8 Å². The molecule has 2 fully saturated rings. The molecule has 0 bridgehead atoms. The molecule has 0 aliphatic heterocycles. The van der Waals surface area contributed by atoms with E-state index < -0.39 is 0 Å². The van der Waals surface area contributed by atoms with Gasteiger partial charge in [0.05, 0.1) is 0 Å². The van der Waals surface area contributed by atoms with Crippen LogP contribution in [0.1, 0.15) is 78.3 Å². The van der Waals surface area contributed by atoms with Crippen LogP contribution in [-0.2, 0) is 13.1 Å². The van der Waals surface area contributed by atoms with Gasteiger partial charge in [-0.3, -0.25) is 14.5 Å². The quantitative estimate of drug-likeness (QED) is 0.595. The molecule has 2 aliphatic rings. The van der Waals surface area contributed by atoms with Crippen LogP contribution in [0.2, 0.25) is 0 Å². The summed E-state index contributed by atoms with van der Waals surface area (Å²) in [4.78, 5) is 29.9. The van der Waals surface area contributed by atoms with Crippen LogP contribution in [0.4, 0.5) is 0 Å². The molecular weight excluding hydrogens is 398 g/mol. The van der Waals surface area contributed by atoms with Crippen molar-refractivity contribution in [3.05, 3.63) is 70.8 Å². The molecule has 5 heteroatoms. The van der Waals surface area contributed by atoms with Crippen LogP contribution in [0.3, 0.4) is 0 Å². The second-order valence-electron chi connectivity index (χ2n) is 9.46. The average Bonchev–Trinajstić information content (AvgIpc) is 3.71. The van der Waals surface area contributed by atoms with Crippen LogP contribution in [0.5, 0.6) is 0 Å². The summed E-state index contributed by atoms with van der Waals surface area (Å²) in [5.74, 6) is 0.0826. The van der Waals surface area contributed by atoms with E-state index in [0.29, 0.717) is 30.2 Å². The Morgan fingerprint density at radius 3 is 1.94 bits per heavy atom. The number of nitrogens with one attached hydrogen (secondary N) is 1. The molecule has 32 heavy (non-hydrogen) atoms. The Morgan fingerprint density at radius 1 is 0.875 bits per heavy atom. The van der Waals surface area contributed by atoms with E-state index in [4.69, 9.17) is 0 Å². The van der Waals surface area contributed by atoms with Gasteiger partial charge in [0.2, 0.25) is 0 Å². The maximum absolute atomic E-state index is 13.3. The summed E-state index contributed by atoms with van der Waals surface area (Å²) >= 11 is 0. The maximum Gasteiger partial charge on any atom is 0.254 e. The first-order valence-electron chi connectivity index (χ1n) is 12.0. The highest BCUT2D eigenvalue weighted by atomic mass is 16.2. The minimum Gasteiger partial charge on any atom is -0.349 e. The molecule has 1 N–H and O–H groups in total. The van der Waals surface area contributed by atoms with E-state index >= 15 is 0 Å². The first-order chi connectivity index (χ1) is 15.4. The molecule has 2 aromatic rings. The number of amides is 2. The van der Waals surface area contributed by atoms with Gasteiger partial charge >= 0.3 is 0 Å². The van der Waals surface area contributed by atoms with Crippen LogP contribution in [0.25, 0.3) is 0 Å². The van der Waals surface area contributed by atoms with Gasteiger partial charge in [-0.2, -0.15) is 0 Å².